The minimum Gasteiger partial charge on any atom is -0.457 e. The van der Waals surface area contributed by atoms with Crippen molar-refractivity contribution in [1.29, 1.82) is 0 Å². The SMILES string of the molecule is [N-]=[N+]=NCC1Cc2cccc(Oc3cccc(OS(=O)OCCCC(F)(F)F)c3)c2C1. The molecule has 0 N–H and O–H groups in total. The van der Waals surface area contributed by atoms with Gasteiger partial charge in [0.05, 0.1) is 6.61 Å². The van der Waals surface area contributed by atoms with Crippen LogP contribution in [-0.2, 0) is 28.4 Å². The van der Waals surface area contributed by atoms with Gasteiger partial charge in [0.1, 0.15) is 17.2 Å². The van der Waals surface area contributed by atoms with Gasteiger partial charge in [0, 0.05) is 23.9 Å². The predicted molar refractivity (Wildman–Crippen MR) is 108 cm³/mol. The summed E-state index contributed by atoms with van der Waals surface area (Å²) in [6.07, 6.45) is -4.06. The maximum absolute atomic E-state index is 12.1. The van der Waals surface area contributed by atoms with Crippen LogP contribution in [0, 0.1) is 5.92 Å². The number of nitrogens with zero attached hydrogens (tertiary/aromatic N) is 3. The zero-order chi connectivity index (χ0) is 22.3. The van der Waals surface area contributed by atoms with Crippen LogP contribution in [0.2, 0.25) is 0 Å². The van der Waals surface area contributed by atoms with Crippen molar-refractivity contribution in [2.75, 3.05) is 13.2 Å². The molecule has 166 valence electrons. The average Bonchev–Trinajstić information content (AvgIpc) is 3.13. The Morgan fingerprint density at radius 1 is 1.16 bits per heavy atom. The van der Waals surface area contributed by atoms with Crippen molar-refractivity contribution in [2.45, 2.75) is 31.9 Å². The third-order valence-electron chi connectivity index (χ3n) is 4.62. The highest BCUT2D eigenvalue weighted by molar-refractivity contribution is 7.75. The second-order valence-corrected chi connectivity index (χ2v) is 7.80. The van der Waals surface area contributed by atoms with E-state index in [-0.39, 0.29) is 24.7 Å². The van der Waals surface area contributed by atoms with E-state index >= 15 is 0 Å². The molecule has 7 nitrogen and oxygen atoms in total. The van der Waals surface area contributed by atoms with Crippen LogP contribution >= 0.6 is 0 Å². The monoisotopic (exact) mass is 455 g/mol. The summed E-state index contributed by atoms with van der Waals surface area (Å²) in [6.45, 7) is 0.0816. The van der Waals surface area contributed by atoms with E-state index in [4.69, 9.17) is 18.6 Å². The van der Waals surface area contributed by atoms with E-state index in [9.17, 15) is 17.4 Å². The lowest BCUT2D eigenvalue weighted by Crippen LogP contribution is -2.11. The largest absolute Gasteiger partial charge is 0.457 e. The third kappa shape index (κ3) is 7.16. The number of alkyl halides is 3. The smallest absolute Gasteiger partial charge is 0.389 e. The topological polar surface area (TPSA) is 93.5 Å². The molecule has 0 heterocycles. The van der Waals surface area contributed by atoms with Crippen LogP contribution < -0.4 is 8.92 Å². The quantitative estimate of drug-likeness (QED) is 0.195. The van der Waals surface area contributed by atoms with Crippen LogP contribution in [0.5, 0.6) is 17.2 Å². The Labute approximate surface area is 179 Å². The van der Waals surface area contributed by atoms with Gasteiger partial charge in [0.15, 0.2) is 0 Å². The summed E-state index contributed by atoms with van der Waals surface area (Å²) >= 11 is -2.22. The van der Waals surface area contributed by atoms with Gasteiger partial charge in [0.2, 0.25) is 0 Å². The molecule has 0 bridgehead atoms. The van der Waals surface area contributed by atoms with E-state index in [2.05, 4.69) is 10.0 Å². The van der Waals surface area contributed by atoms with Gasteiger partial charge >= 0.3 is 17.5 Å². The Kier molecular flexibility index (Phi) is 7.78. The first-order valence-electron chi connectivity index (χ1n) is 9.54. The number of azide groups is 1. The first-order valence-corrected chi connectivity index (χ1v) is 10.5. The lowest BCUT2D eigenvalue weighted by Gasteiger charge is -2.12. The molecule has 1 aliphatic rings. The molecule has 2 aromatic rings. The van der Waals surface area contributed by atoms with Gasteiger partial charge in [-0.2, -0.15) is 17.4 Å². The van der Waals surface area contributed by atoms with Crippen LogP contribution in [0.3, 0.4) is 0 Å². The molecule has 0 radical (unpaired) electrons. The molecule has 0 saturated carbocycles. The molecule has 3 rings (SSSR count). The van der Waals surface area contributed by atoms with Crippen molar-refractivity contribution in [1.82, 2.24) is 0 Å². The molecular formula is C20H20F3N3O4S. The maximum atomic E-state index is 12.1. The first kappa shape index (κ1) is 22.9. The Bertz CT molecular complexity index is 980. The molecule has 0 aromatic heterocycles. The lowest BCUT2D eigenvalue weighted by atomic mass is 10.1. The van der Waals surface area contributed by atoms with Crippen molar-refractivity contribution >= 4 is 11.4 Å². The van der Waals surface area contributed by atoms with Crippen molar-refractivity contribution in [3.05, 3.63) is 64.0 Å². The Morgan fingerprint density at radius 2 is 1.94 bits per heavy atom. The summed E-state index contributed by atoms with van der Waals surface area (Å²) in [5.41, 5.74) is 10.7. The molecule has 2 atom stereocenters. The van der Waals surface area contributed by atoms with Gasteiger partial charge in [-0.1, -0.05) is 23.3 Å². The van der Waals surface area contributed by atoms with Gasteiger partial charge in [-0.25, -0.2) is 0 Å². The van der Waals surface area contributed by atoms with Crippen molar-refractivity contribution in [3.8, 4) is 17.2 Å². The van der Waals surface area contributed by atoms with Gasteiger partial charge in [0.25, 0.3) is 0 Å². The summed E-state index contributed by atoms with van der Waals surface area (Å²) in [5, 5.41) is 3.66. The first-order chi connectivity index (χ1) is 14.8. The zero-order valence-electron chi connectivity index (χ0n) is 16.4. The predicted octanol–water partition coefficient (Wildman–Crippen LogP) is 5.82. The molecular weight excluding hydrogens is 435 g/mol. The molecule has 0 spiro atoms. The van der Waals surface area contributed by atoms with Gasteiger partial charge < -0.3 is 8.92 Å². The molecule has 1 aliphatic carbocycles. The Hall–Kier alpha value is -2.75. The van der Waals surface area contributed by atoms with E-state index in [0.717, 1.165) is 24.0 Å². The number of halogens is 3. The molecule has 2 unspecified atom stereocenters. The summed E-state index contributed by atoms with van der Waals surface area (Å²) in [6, 6.07) is 12.1. The second-order valence-electron chi connectivity index (χ2n) is 6.99. The summed E-state index contributed by atoms with van der Waals surface area (Å²) in [4.78, 5) is 2.81. The normalized spacial score (nSPS) is 16.3. The fraction of sp³-hybridized carbons (Fsp3) is 0.400. The average molecular weight is 455 g/mol. The fourth-order valence-electron chi connectivity index (χ4n) is 3.30. The number of hydrogen-bond donors (Lipinski definition) is 0. The Morgan fingerprint density at radius 3 is 2.71 bits per heavy atom. The van der Waals surface area contributed by atoms with E-state index in [0.29, 0.717) is 18.0 Å². The van der Waals surface area contributed by atoms with E-state index in [1.54, 1.807) is 12.1 Å². The van der Waals surface area contributed by atoms with Crippen LogP contribution in [0.15, 0.2) is 47.6 Å². The zero-order valence-corrected chi connectivity index (χ0v) is 17.2. The number of fused-ring (bicyclic) bond motifs is 1. The minimum atomic E-state index is -4.28. The number of hydrogen-bond acceptors (Lipinski definition) is 5. The van der Waals surface area contributed by atoms with Crippen molar-refractivity contribution < 1.29 is 30.5 Å². The molecule has 0 amide bonds. The van der Waals surface area contributed by atoms with Crippen LogP contribution in [0.4, 0.5) is 13.2 Å². The van der Waals surface area contributed by atoms with Gasteiger partial charge in [-0.3, -0.25) is 4.18 Å². The van der Waals surface area contributed by atoms with Crippen molar-refractivity contribution in [3.63, 3.8) is 0 Å². The number of ether oxygens (including phenoxy) is 1. The van der Waals surface area contributed by atoms with E-state index in [1.807, 2.05) is 18.2 Å². The molecule has 0 aliphatic heterocycles. The highest BCUT2D eigenvalue weighted by atomic mass is 32.2. The molecule has 0 fully saturated rings. The maximum Gasteiger partial charge on any atom is 0.389 e. The highest BCUT2D eigenvalue weighted by Crippen LogP contribution is 2.36. The second kappa shape index (κ2) is 10.5. The van der Waals surface area contributed by atoms with Crippen LogP contribution in [0.25, 0.3) is 10.4 Å². The fourth-order valence-corrected chi connectivity index (χ4v) is 3.86. The van der Waals surface area contributed by atoms with Gasteiger partial charge in [-0.05, 0) is 60.0 Å². The van der Waals surface area contributed by atoms with Crippen LogP contribution in [0.1, 0.15) is 24.0 Å². The van der Waals surface area contributed by atoms with Gasteiger partial charge in [-0.15, -0.1) is 0 Å². The number of rotatable bonds is 10. The number of benzene rings is 2. The highest BCUT2D eigenvalue weighted by Gasteiger charge is 2.26. The molecule has 11 heteroatoms. The standard InChI is InChI=1S/C20H20F3N3O4S/c21-20(22,23)8-3-9-28-31(27)30-17-6-2-5-16(12-17)29-19-7-1-4-15-10-14(11-18(15)19)13-25-26-24/h1-2,4-7,12,14H,3,8-11,13H2. The molecule has 0 saturated heterocycles. The Balaban J connectivity index is 1.58. The molecule has 2 aromatic carbocycles. The minimum absolute atomic E-state index is 0.195. The van der Waals surface area contributed by atoms with E-state index < -0.39 is 24.0 Å². The van der Waals surface area contributed by atoms with E-state index in [1.165, 1.54) is 12.1 Å². The summed E-state index contributed by atoms with van der Waals surface area (Å²) in [7, 11) is 0. The van der Waals surface area contributed by atoms with Crippen LogP contribution in [-0.4, -0.2) is 23.5 Å². The summed E-state index contributed by atoms with van der Waals surface area (Å²) < 4.78 is 64.0. The van der Waals surface area contributed by atoms with Crippen molar-refractivity contribution in [2.24, 2.45) is 11.0 Å². The summed E-state index contributed by atoms with van der Waals surface area (Å²) in [5.74, 6) is 1.53. The third-order valence-corrected chi connectivity index (χ3v) is 5.30. The molecule has 31 heavy (non-hydrogen) atoms. The lowest BCUT2D eigenvalue weighted by molar-refractivity contribution is -0.136.